The number of hydrogen-bond acceptors (Lipinski definition) is 4. The molecule has 2 bridgehead atoms. The number of hydrogen-bond donors (Lipinski definition) is 1. The van der Waals surface area contributed by atoms with Crippen molar-refractivity contribution in [2.75, 3.05) is 20.2 Å². The van der Waals surface area contributed by atoms with Crippen LogP contribution in [0.2, 0.25) is 0 Å². The van der Waals surface area contributed by atoms with Crippen LogP contribution in [0.15, 0.2) is 43.1 Å². The van der Waals surface area contributed by atoms with E-state index in [0.29, 0.717) is 47.6 Å². The minimum Gasteiger partial charge on any atom is -0.632 e. The van der Waals surface area contributed by atoms with Gasteiger partial charge >= 0.3 is 0 Å². The number of aromatic nitrogens is 1. The molecule has 26 heavy (non-hydrogen) atoms. The predicted molar refractivity (Wildman–Crippen MR) is 98.0 cm³/mol. The summed E-state index contributed by atoms with van der Waals surface area (Å²) < 4.78 is 5.66. The molecule has 1 aromatic carbocycles. The zero-order valence-electron chi connectivity index (χ0n) is 14.9. The first-order chi connectivity index (χ1) is 12.5. The molecular weight excluding hydrogens is 332 g/mol. The normalized spacial score (nSPS) is 31.7. The Bertz CT molecular complexity index is 855. The highest BCUT2D eigenvalue weighted by Gasteiger charge is 2.49. The van der Waals surface area contributed by atoms with Crippen LogP contribution in [0, 0.1) is 22.3 Å². The van der Waals surface area contributed by atoms with Gasteiger partial charge < -0.3 is 24.9 Å². The lowest BCUT2D eigenvalue weighted by Crippen LogP contribution is -2.65. The monoisotopic (exact) mass is 356 g/mol. The molecule has 3 fully saturated rings. The fraction of sp³-hybridized carbons (Fsp3) is 0.450. The van der Waals surface area contributed by atoms with Gasteiger partial charge in [0.1, 0.15) is 17.9 Å². The number of rotatable bonds is 4. The fourth-order valence-electron chi connectivity index (χ4n) is 4.79. The Morgan fingerprint density at radius 2 is 2.23 bits per heavy atom. The standard InChI is InChI=1S/C20H24N2O4/c1-3-13-12-22(25)9-7-14(13)10-19(22)20(23)16-6-8-21(24)18-5-4-15(26-2)11-17(16)18/h3-6,8,11,13-14,19-20,23H,1,7,9-10,12H2,2H3/t13-,14-,19-,20+,22+/m0/s1. The van der Waals surface area contributed by atoms with Crippen molar-refractivity contribution in [1.29, 1.82) is 0 Å². The molecule has 0 spiro atoms. The molecule has 1 aromatic heterocycles. The molecule has 3 aliphatic rings. The first-order valence-corrected chi connectivity index (χ1v) is 9.05. The maximum absolute atomic E-state index is 13.4. The van der Waals surface area contributed by atoms with Gasteiger partial charge in [0.05, 0.1) is 25.6 Å². The summed E-state index contributed by atoms with van der Waals surface area (Å²) in [6.45, 7) is 4.88. The molecule has 5 atom stereocenters. The Labute approximate surface area is 152 Å². The first-order valence-electron chi connectivity index (χ1n) is 9.05. The third-order valence-electron chi connectivity index (χ3n) is 6.28. The molecule has 0 aliphatic carbocycles. The smallest absolute Gasteiger partial charge is 0.224 e. The lowest BCUT2D eigenvalue weighted by atomic mass is 9.73. The molecule has 3 aliphatic heterocycles. The van der Waals surface area contributed by atoms with Crippen molar-refractivity contribution in [3.63, 3.8) is 0 Å². The predicted octanol–water partition coefficient (Wildman–Crippen LogP) is 2.42. The number of pyridine rings is 1. The Balaban J connectivity index is 1.76. The van der Waals surface area contributed by atoms with E-state index in [2.05, 4.69) is 6.58 Å². The minimum absolute atomic E-state index is 0.223. The number of methoxy groups -OCH3 is 1. The molecule has 4 heterocycles. The van der Waals surface area contributed by atoms with E-state index >= 15 is 0 Å². The maximum atomic E-state index is 13.4. The number of quaternary nitrogens is 1. The van der Waals surface area contributed by atoms with Crippen LogP contribution in [0.5, 0.6) is 5.75 Å². The van der Waals surface area contributed by atoms with Gasteiger partial charge in [-0.3, -0.25) is 0 Å². The quantitative estimate of drug-likeness (QED) is 0.395. The van der Waals surface area contributed by atoms with Gasteiger partial charge in [0, 0.05) is 36.5 Å². The van der Waals surface area contributed by atoms with Crippen molar-refractivity contribution in [2.24, 2.45) is 11.8 Å². The number of ether oxygens (including phenoxy) is 1. The van der Waals surface area contributed by atoms with E-state index in [0.717, 1.165) is 11.2 Å². The zero-order valence-corrected chi connectivity index (χ0v) is 14.9. The van der Waals surface area contributed by atoms with Gasteiger partial charge in [-0.05, 0) is 18.1 Å². The highest BCUT2D eigenvalue weighted by molar-refractivity contribution is 5.81. The lowest BCUT2D eigenvalue weighted by Gasteiger charge is -2.60. The summed E-state index contributed by atoms with van der Waals surface area (Å²) in [5.41, 5.74) is 1.08. The summed E-state index contributed by atoms with van der Waals surface area (Å²) in [6.07, 6.45) is 3.93. The average Bonchev–Trinajstić information content (AvgIpc) is 2.67. The van der Waals surface area contributed by atoms with Crippen molar-refractivity contribution in [2.45, 2.75) is 25.0 Å². The molecule has 6 nitrogen and oxygen atoms in total. The number of piperidine rings is 3. The fourth-order valence-corrected chi connectivity index (χ4v) is 4.79. The number of nitrogens with zero attached hydrogens (tertiary/aromatic N) is 2. The van der Waals surface area contributed by atoms with E-state index in [1.807, 2.05) is 6.08 Å². The molecule has 5 rings (SSSR count). The second-order valence-corrected chi connectivity index (χ2v) is 7.53. The van der Waals surface area contributed by atoms with Gasteiger partial charge in [-0.2, -0.15) is 4.73 Å². The third-order valence-corrected chi connectivity index (χ3v) is 6.28. The van der Waals surface area contributed by atoms with E-state index < -0.39 is 12.1 Å². The highest BCUT2D eigenvalue weighted by Crippen LogP contribution is 2.46. The van der Waals surface area contributed by atoms with Gasteiger partial charge in [0.2, 0.25) is 5.52 Å². The molecule has 6 heteroatoms. The third kappa shape index (κ3) is 2.57. The van der Waals surface area contributed by atoms with E-state index in [9.17, 15) is 15.5 Å². The molecule has 0 saturated carbocycles. The van der Waals surface area contributed by atoms with Gasteiger partial charge in [-0.1, -0.05) is 6.08 Å². The topological polar surface area (TPSA) is 79.5 Å². The highest BCUT2D eigenvalue weighted by atomic mass is 16.6. The number of benzene rings is 1. The summed E-state index contributed by atoms with van der Waals surface area (Å²) in [6, 6.07) is 6.36. The Morgan fingerprint density at radius 3 is 2.92 bits per heavy atom. The zero-order chi connectivity index (χ0) is 18.5. The van der Waals surface area contributed by atoms with Crippen molar-refractivity contribution in [3.05, 3.63) is 59.1 Å². The SMILES string of the molecule is C=C[C@H]1C[N@+]2([O-])CC[C@H]1C[C@H]2[C@H](O)c1cc[n+]([O-])c2ccc(OC)cc12. The van der Waals surface area contributed by atoms with Crippen LogP contribution in [-0.4, -0.2) is 36.0 Å². The van der Waals surface area contributed by atoms with Crippen LogP contribution in [0.25, 0.3) is 10.9 Å². The van der Waals surface area contributed by atoms with Crippen LogP contribution in [-0.2, 0) is 0 Å². The van der Waals surface area contributed by atoms with Crippen LogP contribution < -0.4 is 9.47 Å². The molecule has 3 saturated heterocycles. The van der Waals surface area contributed by atoms with Crippen LogP contribution in [0.3, 0.4) is 0 Å². The summed E-state index contributed by atoms with van der Waals surface area (Å²) in [5.74, 6) is 1.23. The van der Waals surface area contributed by atoms with Crippen LogP contribution in [0.4, 0.5) is 0 Å². The molecule has 2 aromatic rings. The molecular formula is C20H24N2O4. The summed E-state index contributed by atoms with van der Waals surface area (Å²) in [5, 5.41) is 37.3. The number of aliphatic hydroxyl groups is 1. The molecule has 0 unspecified atom stereocenters. The first kappa shape index (κ1) is 17.3. The van der Waals surface area contributed by atoms with Crippen LogP contribution >= 0.6 is 0 Å². The van der Waals surface area contributed by atoms with Crippen molar-refractivity contribution in [3.8, 4) is 5.75 Å². The summed E-state index contributed by atoms with van der Waals surface area (Å²) in [4.78, 5) is 0. The van der Waals surface area contributed by atoms with E-state index in [-0.39, 0.29) is 10.6 Å². The van der Waals surface area contributed by atoms with Crippen molar-refractivity contribution >= 4 is 10.9 Å². The van der Waals surface area contributed by atoms with Gasteiger partial charge in [-0.25, -0.2) is 0 Å². The van der Waals surface area contributed by atoms with Crippen molar-refractivity contribution < 1.29 is 19.2 Å². The van der Waals surface area contributed by atoms with Gasteiger partial charge in [-0.15, -0.1) is 6.58 Å². The van der Waals surface area contributed by atoms with Crippen molar-refractivity contribution in [1.82, 2.24) is 0 Å². The average molecular weight is 356 g/mol. The molecule has 138 valence electrons. The maximum Gasteiger partial charge on any atom is 0.224 e. The summed E-state index contributed by atoms with van der Waals surface area (Å²) in [7, 11) is 1.56. The summed E-state index contributed by atoms with van der Waals surface area (Å²) >= 11 is 0. The largest absolute Gasteiger partial charge is 0.632 e. The van der Waals surface area contributed by atoms with Gasteiger partial charge in [0.15, 0.2) is 6.20 Å². The van der Waals surface area contributed by atoms with E-state index in [1.165, 1.54) is 6.20 Å². The van der Waals surface area contributed by atoms with E-state index in [1.54, 1.807) is 31.4 Å². The number of aliphatic hydroxyl groups excluding tert-OH is 1. The Morgan fingerprint density at radius 1 is 1.42 bits per heavy atom. The van der Waals surface area contributed by atoms with E-state index in [4.69, 9.17) is 4.74 Å². The molecule has 0 amide bonds. The lowest BCUT2D eigenvalue weighted by molar-refractivity contribution is -0.929. The Hall–Kier alpha value is -2.15. The number of fused-ring (bicyclic) bond motifs is 4. The van der Waals surface area contributed by atoms with Gasteiger partial charge in [0.25, 0.3) is 0 Å². The number of hydroxylamine groups is 3. The van der Waals surface area contributed by atoms with Crippen LogP contribution in [0.1, 0.15) is 24.5 Å². The second kappa shape index (κ2) is 6.23. The molecule has 0 radical (unpaired) electrons. The Kier molecular flexibility index (Phi) is 4.14. The second-order valence-electron chi connectivity index (χ2n) is 7.53. The minimum atomic E-state index is -0.920. The molecule has 1 N–H and O–H groups in total.